The summed E-state index contributed by atoms with van der Waals surface area (Å²) in [4.78, 5) is 24.1. The Balaban J connectivity index is 3.64. The van der Waals surface area contributed by atoms with Gasteiger partial charge in [0.05, 0.1) is 6.61 Å². The normalized spacial score (nSPS) is 12.6. The van der Waals surface area contributed by atoms with E-state index in [0.717, 1.165) is 64.2 Å². The van der Waals surface area contributed by atoms with Gasteiger partial charge in [0.15, 0.2) is 6.10 Å². The van der Waals surface area contributed by atoms with Gasteiger partial charge in [-0.15, -0.1) is 0 Å². The summed E-state index contributed by atoms with van der Waals surface area (Å²) in [6.45, 7) is 4.03. The van der Waals surface area contributed by atoms with Crippen molar-refractivity contribution in [3.8, 4) is 0 Å². The van der Waals surface area contributed by atoms with Gasteiger partial charge < -0.3 is 14.6 Å². The zero-order valence-corrected chi connectivity index (χ0v) is 26.1. The Morgan fingerprint density at radius 1 is 0.575 bits per heavy atom. The molecule has 40 heavy (non-hydrogen) atoms. The van der Waals surface area contributed by atoms with Gasteiger partial charge in [-0.3, -0.25) is 9.59 Å². The first-order valence-corrected chi connectivity index (χ1v) is 16.5. The van der Waals surface area contributed by atoms with E-state index in [4.69, 9.17) is 9.47 Å². The highest BCUT2D eigenvalue weighted by atomic mass is 16.6. The van der Waals surface area contributed by atoms with E-state index in [1.54, 1.807) is 0 Å². The number of rotatable bonds is 29. The van der Waals surface area contributed by atoms with Gasteiger partial charge in [-0.25, -0.2) is 0 Å². The zero-order chi connectivity index (χ0) is 29.4. The molecule has 0 unspecified atom stereocenters. The molecular formula is C35H62O5. The van der Waals surface area contributed by atoms with Gasteiger partial charge in [-0.2, -0.15) is 0 Å². The monoisotopic (exact) mass is 562 g/mol. The summed E-state index contributed by atoms with van der Waals surface area (Å²) in [5.41, 5.74) is 0. The van der Waals surface area contributed by atoms with Crippen LogP contribution in [0.25, 0.3) is 0 Å². The number of aliphatic hydroxyl groups is 1. The Labute approximate surface area is 246 Å². The molecule has 5 heteroatoms. The number of carbonyl (C=O) groups is 2. The number of hydrogen-bond donors (Lipinski definition) is 1. The van der Waals surface area contributed by atoms with Gasteiger partial charge in [0.2, 0.25) is 0 Å². The second-order valence-electron chi connectivity index (χ2n) is 10.9. The molecule has 1 atom stereocenters. The molecule has 1 N–H and O–H groups in total. The fraction of sp³-hybridized carbons (Fsp3) is 0.771. The standard InChI is InChI=1S/C35H62O5/c1-3-5-7-9-11-13-15-17-18-20-22-24-26-28-30-35(38)40-33(31-36)32-39-34(37)29-27-25-23-21-19-16-14-12-10-8-6-4-2/h9,11-12,14-15,17,33,36H,3-8,10,13,16,18-32H2,1-2H3/b11-9-,14-12-,17-15-/t33-/m0/s1. The lowest BCUT2D eigenvalue weighted by Gasteiger charge is -2.15. The van der Waals surface area contributed by atoms with Crippen LogP contribution in [0.15, 0.2) is 36.5 Å². The van der Waals surface area contributed by atoms with E-state index in [1.165, 1.54) is 64.2 Å². The highest BCUT2D eigenvalue weighted by molar-refractivity contribution is 5.70. The van der Waals surface area contributed by atoms with Crippen LogP contribution < -0.4 is 0 Å². The third-order valence-corrected chi connectivity index (χ3v) is 6.91. The molecule has 0 saturated heterocycles. The van der Waals surface area contributed by atoms with Crippen molar-refractivity contribution in [3.63, 3.8) is 0 Å². The lowest BCUT2D eigenvalue weighted by molar-refractivity contribution is -0.161. The molecule has 5 nitrogen and oxygen atoms in total. The van der Waals surface area contributed by atoms with E-state index >= 15 is 0 Å². The number of unbranched alkanes of at least 4 members (excludes halogenated alkanes) is 15. The third-order valence-electron chi connectivity index (χ3n) is 6.91. The third kappa shape index (κ3) is 29.1. The quantitative estimate of drug-likeness (QED) is 0.0558. The predicted octanol–water partition coefficient (Wildman–Crippen LogP) is 9.72. The number of esters is 2. The van der Waals surface area contributed by atoms with E-state index in [9.17, 15) is 14.7 Å². The van der Waals surface area contributed by atoms with E-state index < -0.39 is 6.10 Å². The molecule has 0 heterocycles. The van der Waals surface area contributed by atoms with Crippen LogP contribution in [0.4, 0.5) is 0 Å². The van der Waals surface area contributed by atoms with E-state index in [2.05, 4.69) is 50.3 Å². The molecule has 232 valence electrons. The minimum absolute atomic E-state index is 0.0757. The molecule has 0 rings (SSSR count). The molecule has 0 saturated carbocycles. The van der Waals surface area contributed by atoms with E-state index in [1.807, 2.05) is 0 Å². The summed E-state index contributed by atoms with van der Waals surface area (Å²) in [7, 11) is 0. The van der Waals surface area contributed by atoms with Crippen LogP contribution in [0.5, 0.6) is 0 Å². The van der Waals surface area contributed by atoms with Gasteiger partial charge in [-0.1, -0.05) is 115 Å². The van der Waals surface area contributed by atoms with Gasteiger partial charge >= 0.3 is 11.9 Å². The summed E-state index contributed by atoms with van der Waals surface area (Å²) in [6, 6.07) is 0. The summed E-state index contributed by atoms with van der Waals surface area (Å²) in [6.07, 6.45) is 36.2. The fourth-order valence-corrected chi connectivity index (χ4v) is 4.33. The molecule has 0 fully saturated rings. The molecule has 0 amide bonds. The lowest BCUT2D eigenvalue weighted by atomic mass is 10.1. The van der Waals surface area contributed by atoms with Gasteiger partial charge in [-0.05, 0) is 64.2 Å². The van der Waals surface area contributed by atoms with E-state index in [0.29, 0.717) is 12.8 Å². The first-order valence-electron chi connectivity index (χ1n) is 16.5. The highest BCUT2D eigenvalue weighted by Crippen LogP contribution is 2.11. The first-order chi connectivity index (χ1) is 19.6. The predicted molar refractivity (Wildman–Crippen MR) is 168 cm³/mol. The summed E-state index contributed by atoms with van der Waals surface area (Å²) in [5, 5.41) is 9.49. The van der Waals surface area contributed by atoms with Crippen LogP contribution in [0.2, 0.25) is 0 Å². The molecule has 0 bridgehead atoms. The van der Waals surface area contributed by atoms with Gasteiger partial charge in [0.1, 0.15) is 6.61 Å². The van der Waals surface area contributed by atoms with Crippen molar-refractivity contribution in [3.05, 3.63) is 36.5 Å². The minimum atomic E-state index is -0.778. The number of hydrogen-bond acceptors (Lipinski definition) is 5. The van der Waals surface area contributed by atoms with Crippen LogP contribution in [0.1, 0.15) is 155 Å². The van der Waals surface area contributed by atoms with Gasteiger partial charge in [0, 0.05) is 12.8 Å². The molecule has 0 aromatic heterocycles. The molecule has 0 aromatic carbocycles. The number of ether oxygens (including phenoxy) is 2. The largest absolute Gasteiger partial charge is 0.462 e. The van der Waals surface area contributed by atoms with Crippen molar-refractivity contribution in [1.29, 1.82) is 0 Å². The van der Waals surface area contributed by atoms with Crippen molar-refractivity contribution in [1.82, 2.24) is 0 Å². The van der Waals surface area contributed by atoms with Crippen molar-refractivity contribution in [2.24, 2.45) is 0 Å². The number of aliphatic hydroxyl groups excluding tert-OH is 1. The van der Waals surface area contributed by atoms with Crippen molar-refractivity contribution in [2.75, 3.05) is 13.2 Å². The van der Waals surface area contributed by atoms with Crippen molar-refractivity contribution in [2.45, 2.75) is 161 Å². The van der Waals surface area contributed by atoms with Crippen molar-refractivity contribution >= 4 is 11.9 Å². The summed E-state index contributed by atoms with van der Waals surface area (Å²) >= 11 is 0. The smallest absolute Gasteiger partial charge is 0.306 e. The number of carbonyl (C=O) groups excluding carboxylic acids is 2. The second-order valence-corrected chi connectivity index (χ2v) is 10.9. The van der Waals surface area contributed by atoms with Crippen LogP contribution in [-0.4, -0.2) is 36.4 Å². The molecule has 0 spiro atoms. The van der Waals surface area contributed by atoms with Crippen LogP contribution >= 0.6 is 0 Å². The van der Waals surface area contributed by atoms with Crippen molar-refractivity contribution < 1.29 is 24.2 Å². The maximum atomic E-state index is 12.1. The highest BCUT2D eigenvalue weighted by Gasteiger charge is 2.16. The maximum Gasteiger partial charge on any atom is 0.306 e. The molecule has 0 aliphatic carbocycles. The lowest BCUT2D eigenvalue weighted by Crippen LogP contribution is -2.28. The Hall–Kier alpha value is -1.88. The van der Waals surface area contributed by atoms with Crippen LogP contribution in [-0.2, 0) is 19.1 Å². The van der Waals surface area contributed by atoms with E-state index in [-0.39, 0.29) is 25.2 Å². The average molecular weight is 563 g/mol. The molecular weight excluding hydrogens is 500 g/mol. The van der Waals surface area contributed by atoms with Crippen LogP contribution in [0.3, 0.4) is 0 Å². The molecule has 0 aliphatic heterocycles. The average Bonchev–Trinajstić information content (AvgIpc) is 2.96. The Morgan fingerprint density at radius 2 is 1.02 bits per heavy atom. The summed E-state index contributed by atoms with van der Waals surface area (Å²) in [5.74, 6) is -0.622. The maximum absolute atomic E-state index is 12.1. The minimum Gasteiger partial charge on any atom is -0.462 e. The Morgan fingerprint density at radius 3 is 1.57 bits per heavy atom. The van der Waals surface area contributed by atoms with Crippen LogP contribution in [0, 0.1) is 0 Å². The molecule has 0 radical (unpaired) electrons. The number of allylic oxidation sites excluding steroid dienone is 6. The Kier molecular flexibility index (Phi) is 30.2. The molecule has 0 aliphatic rings. The summed E-state index contributed by atoms with van der Waals surface area (Å²) < 4.78 is 10.5. The fourth-order valence-electron chi connectivity index (χ4n) is 4.33. The first kappa shape index (κ1) is 38.1. The zero-order valence-electron chi connectivity index (χ0n) is 26.1. The van der Waals surface area contributed by atoms with Gasteiger partial charge in [0.25, 0.3) is 0 Å². The second kappa shape index (κ2) is 31.6. The Bertz CT molecular complexity index is 652. The SMILES string of the molecule is CCCC/C=C\C/C=C\CCCCCCCC(=O)O[C@@H](CO)COC(=O)CCCCCCC/C=C\CCCCC. The molecule has 0 aromatic rings. The topological polar surface area (TPSA) is 72.8 Å².